The highest BCUT2D eigenvalue weighted by Crippen LogP contribution is 2.39. The van der Waals surface area contributed by atoms with Crippen LogP contribution in [0.5, 0.6) is 5.75 Å². The number of anilines is 1. The van der Waals surface area contributed by atoms with Gasteiger partial charge in [-0.25, -0.2) is 9.97 Å². The van der Waals surface area contributed by atoms with Crippen molar-refractivity contribution in [3.05, 3.63) is 36.0 Å². The fourth-order valence-corrected chi connectivity index (χ4v) is 5.72. The molecule has 2 aliphatic rings. The molecular weight excluding hydrogens is 380 g/mol. The average Bonchev–Trinajstić information content (AvgIpc) is 3.24. The SMILES string of the molecule is COc1ccc(-c2csc3ncnc(N4CCC(N5CCCCC5)CC4)c23)cc1. The molecule has 6 heteroatoms. The topological polar surface area (TPSA) is 41.5 Å². The Balaban J connectivity index is 1.41. The lowest BCUT2D eigenvalue weighted by Crippen LogP contribution is -2.47. The monoisotopic (exact) mass is 408 g/mol. The van der Waals surface area contributed by atoms with Crippen LogP contribution >= 0.6 is 11.3 Å². The number of methoxy groups -OCH3 is 1. The first-order chi connectivity index (χ1) is 14.3. The zero-order valence-electron chi connectivity index (χ0n) is 17.0. The van der Waals surface area contributed by atoms with Gasteiger partial charge in [0.1, 0.15) is 22.7 Å². The van der Waals surface area contributed by atoms with Crippen LogP contribution in [0.3, 0.4) is 0 Å². The zero-order valence-corrected chi connectivity index (χ0v) is 17.8. The van der Waals surface area contributed by atoms with Gasteiger partial charge in [0.2, 0.25) is 0 Å². The lowest BCUT2D eigenvalue weighted by molar-refractivity contribution is 0.141. The molecule has 0 radical (unpaired) electrons. The summed E-state index contributed by atoms with van der Waals surface area (Å²) < 4.78 is 5.32. The van der Waals surface area contributed by atoms with Crippen LogP contribution in [0.25, 0.3) is 21.3 Å². The van der Waals surface area contributed by atoms with E-state index in [9.17, 15) is 0 Å². The fourth-order valence-electron chi connectivity index (χ4n) is 4.81. The van der Waals surface area contributed by atoms with Crippen molar-refractivity contribution in [1.29, 1.82) is 0 Å². The predicted molar refractivity (Wildman–Crippen MR) is 120 cm³/mol. The predicted octanol–water partition coefficient (Wildman–Crippen LogP) is 4.82. The average molecular weight is 409 g/mol. The molecule has 2 saturated heterocycles. The number of aromatic nitrogens is 2. The summed E-state index contributed by atoms with van der Waals surface area (Å²) in [6, 6.07) is 9.03. The van der Waals surface area contributed by atoms with Crippen LogP contribution in [0, 0.1) is 0 Å². The number of thiophene rings is 1. The maximum absolute atomic E-state index is 5.32. The first kappa shape index (κ1) is 18.8. The van der Waals surface area contributed by atoms with E-state index < -0.39 is 0 Å². The Morgan fingerprint density at radius 2 is 1.72 bits per heavy atom. The molecule has 0 spiro atoms. The Hall–Kier alpha value is -2.18. The van der Waals surface area contributed by atoms with E-state index in [2.05, 4.69) is 32.3 Å². The second-order valence-corrected chi connectivity index (χ2v) is 8.93. The Labute approximate surface area is 176 Å². The summed E-state index contributed by atoms with van der Waals surface area (Å²) in [5.41, 5.74) is 2.41. The van der Waals surface area contributed by atoms with Crippen LogP contribution in [0.2, 0.25) is 0 Å². The summed E-state index contributed by atoms with van der Waals surface area (Å²) in [7, 11) is 1.70. The molecule has 0 unspecified atom stereocenters. The summed E-state index contributed by atoms with van der Waals surface area (Å²) in [6.45, 7) is 4.72. The molecule has 2 aliphatic heterocycles. The van der Waals surface area contributed by atoms with Gasteiger partial charge in [-0.05, 0) is 56.5 Å². The molecule has 0 saturated carbocycles. The van der Waals surface area contributed by atoms with Crippen LogP contribution in [-0.2, 0) is 0 Å². The van der Waals surface area contributed by atoms with Crippen LogP contribution in [-0.4, -0.2) is 54.2 Å². The quantitative estimate of drug-likeness (QED) is 0.619. The van der Waals surface area contributed by atoms with Gasteiger partial charge < -0.3 is 14.5 Å². The van der Waals surface area contributed by atoms with Gasteiger partial charge in [0.15, 0.2) is 0 Å². The van der Waals surface area contributed by atoms with Crippen molar-refractivity contribution in [3.63, 3.8) is 0 Å². The van der Waals surface area contributed by atoms with Crippen molar-refractivity contribution in [2.24, 2.45) is 0 Å². The van der Waals surface area contributed by atoms with Crippen molar-refractivity contribution < 1.29 is 4.74 Å². The van der Waals surface area contributed by atoms with E-state index in [1.807, 2.05) is 12.1 Å². The van der Waals surface area contributed by atoms with Gasteiger partial charge in [-0.3, -0.25) is 0 Å². The molecule has 152 valence electrons. The minimum Gasteiger partial charge on any atom is -0.497 e. The van der Waals surface area contributed by atoms with E-state index in [0.717, 1.165) is 35.5 Å². The van der Waals surface area contributed by atoms with Crippen LogP contribution in [0.4, 0.5) is 5.82 Å². The summed E-state index contributed by atoms with van der Waals surface area (Å²) in [4.78, 5) is 15.6. The molecule has 4 heterocycles. The molecule has 0 N–H and O–H groups in total. The highest BCUT2D eigenvalue weighted by atomic mass is 32.1. The Bertz CT molecular complexity index is 957. The molecule has 29 heavy (non-hydrogen) atoms. The molecule has 2 aromatic heterocycles. The molecule has 1 aromatic carbocycles. The van der Waals surface area contributed by atoms with E-state index in [-0.39, 0.29) is 0 Å². The molecule has 5 nitrogen and oxygen atoms in total. The highest BCUT2D eigenvalue weighted by Gasteiger charge is 2.27. The Morgan fingerprint density at radius 3 is 2.45 bits per heavy atom. The second kappa shape index (κ2) is 8.28. The molecule has 2 fully saturated rings. The number of hydrogen-bond donors (Lipinski definition) is 0. The van der Waals surface area contributed by atoms with Gasteiger partial charge in [0.25, 0.3) is 0 Å². The van der Waals surface area contributed by atoms with Gasteiger partial charge in [0.05, 0.1) is 12.5 Å². The second-order valence-electron chi connectivity index (χ2n) is 8.07. The minimum atomic E-state index is 0.743. The highest BCUT2D eigenvalue weighted by molar-refractivity contribution is 7.17. The Morgan fingerprint density at radius 1 is 0.966 bits per heavy atom. The maximum atomic E-state index is 5.32. The van der Waals surface area contributed by atoms with Gasteiger partial charge in [-0.2, -0.15) is 0 Å². The first-order valence-corrected chi connectivity index (χ1v) is 11.6. The van der Waals surface area contributed by atoms with Crippen LogP contribution in [0.1, 0.15) is 32.1 Å². The number of likely N-dealkylation sites (tertiary alicyclic amines) is 1. The molecular formula is C23H28N4OS. The van der Waals surface area contributed by atoms with Gasteiger partial charge >= 0.3 is 0 Å². The number of benzene rings is 1. The van der Waals surface area contributed by atoms with Gasteiger partial charge in [0, 0.05) is 30.1 Å². The third-order valence-electron chi connectivity index (χ3n) is 6.42. The Kier molecular flexibility index (Phi) is 5.38. The molecule has 0 bridgehead atoms. The van der Waals surface area contributed by atoms with Crippen molar-refractivity contribution >= 4 is 27.4 Å². The molecule has 0 aliphatic carbocycles. The van der Waals surface area contributed by atoms with E-state index in [1.54, 1.807) is 24.8 Å². The normalized spacial score (nSPS) is 19.0. The molecule has 5 rings (SSSR count). The number of ether oxygens (including phenoxy) is 1. The maximum Gasteiger partial charge on any atom is 0.141 e. The number of hydrogen-bond acceptors (Lipinski definition) is 6. The molecule has 0 atom stereocenters. The van der Waals surface area contributed by atoms with Crippen molar-refractivity contribution in [3.8, 4) is 16.9 Å². The third-order valence-corrected chi connectivity index (χ3v) is 7.31. The van der Waals surface area contributed by atoms with Crippen molar-refractivity contribution in [1.82, 2.24) is 14.9 Å². The van der Waals surface area contributed by atoms with E-state index in [1.165, 1.54) is 61.7 Å². The zero-order chi connectivity index (χ0) is 19.6. The lowest BCUT2D eigenvalue weighted by atomic mass is 9.99. The lowest BCUT2D eigenvalue weighted by Gasteiger charge is -2.40. The third kappa shape index (κ3) is 3.71. The number of piperidine rings is 2. The largest absolute Gasteiger partial charge is 0.497 e. The molecule has 3 aromatic rings. The van der Waals surface area contributed by atoms with E-state index in [4.69, 9.17) is 9.72 Å². The van der Waals surface area contributed by atoms with Crippen molar-refractivity contribution in [2.45, 2.75) is 38.1 Å². The number of fused-ring (bicyclic) bond motifs is 1. The fraction of sp³-hybridized carbons (Fsp3) is 0.478. The summed E-state index contributed by atoms with van der Waals surface area (Å²) >= 11 is 1.70. The minimum absolute atomic E-state index is 0.743. The van der Waals surface area contributed by atoms with E-state index in [0.29, 0.717) is 0 Å². The smallest absolute Gasteiger partial charge is 0.141 e. The molecule has 0 amide bonds. The van der Waals surface area contributed by atoms with Crippen molar-refractivity contribution in [2.75, 3.05) is 38.2 Å². The first-order valence-electron chi connectivity index (χ1n) is 10.7. The van der Waals surface area contributed by atoms with E-state index >= 15 is 0 Å². The summed E-state index contributed by atoms with van der Waals surface area (Å²) in [5, 5.41) is 3.41. The van der Waals surface area contributed by atoms with Gasteiger partial charge in [-0.15, -0.1) is 11.3 Å². The number of rotatable bonds is 4. The van der Waals surface area contributed by atoms with Gasteiger partial charge in [-0.1, -0.05) is 18.6 Å². The standard InChI is InChI=1S/C23H28N4OS/c1-28-19-7-5-17(6-8-19)20-15-29-23-21(20)22(24-16-25-23)27-13-9-18(10-14-27)26-11-3-2-4-12-26/h5-8,15-16,18H,2-4,9-14H2,1H3. The summed E-state index contributed by atoms with van der Waals surface area (Å²) in [5.74, 6) is 1.98. The number of nitrogens with zero attached hydrogens (tertiary/aromatic N) is 4. The summed E-state index contributed by atoms with van der Waals surface area (Å²) in [6.07, 6.45) is 8.32. The van der Waals surface area contributed by atoms with Crippen LogP contribution in [0.15, 0.2) is 36.0 Å². The van der Waals surface area contributed by atoms with Crippen LogP contribution < -0.4 is 9.64 Å².